The summed E-state index contributed by atoms with van der Waals surface area (Å²) < 4.78 is 35.0. The molecule has 0 spiro atoms. The highest BCUT2D eigenvalue weighted by molar-refractivity contribution is 7.70. The van der Waals surface area contributed by atoms with E-state index in [1.165, 1.54) is 58.6 Å². The van der Waals surface area contributed by atoms with Gasteiger partial charge in [-0.1, -0.05) is 58.8 Å². The van der Waals surface area contributed by atoms with E-state index in [1.54, 1.807) is 24.3 Å². The summed E-state index contributed by atoms with van der Waals surface area (Å²) in [5, 5.41) is 27.3. The van der Waals surface area contributed by atoms with Crippen molar-refractivity contribution < 1.29 is 52.9 Å². The van der Waals surface area contributed by atoms with Crippen LogP contribution in [0.3, 0.4) is 0 Å². The number of hydrogen-bond donors (Lipinski definition) is 7. The molecular formula is C33H61N7O12P2. The number of aliphatic hydroxyl groups excluding tert-OH is 2. The van der Waals surface area contributed by atoms with Crippen molar-refractivity contribution in [3.05, 3.63) is 63.6 Å². The quantitative estimate of drug-likeness (QED) is 0.0802. The molecule has 8 N–H and O–H groups in total. The number of rotatable bonds is 18. The molecule has 3 rings (SSSR count). The van der Waals surface area contributed by atoms with Gasteiger partial charge in [-0.3, -0.25) is 23.1 Å². The van der Waals surface area contributed by atoms with Gasteiger partial charge in [0.25, 0.3) is 5.91 Å². The van der Waals surface area contributed by atoms with Crippen LogP contribution in [0, 0.1) is 0 Å². The van der Waals surface area contributed by atoms with Crippen molar-refractivity contribution in [2.75, 3.05) is 64.9 Å². The van der Waals surface area contributed by atoms with Gasteiger partial charge < -0.3 is 59.8 Å². The number of amides is 1. The number of nitrogens with one attached hydrogen (secondary N) is 1. The number of nitrogens with zero attached hydrogens (tertiary/aromatic N) is 5. The molecule has 19 nitrogen and oxygen atoms in total. The second-order valence-electron chi connectivity index (χ2n) is 12.1. The minimum atomic E-state index is -4.86. The number of aliphatic hydroxyl groups is 2. The fourth-order valence-electron chi connectivity index (χ4n) is 4.99. The van der Waals surface area contributed by atoms with Crippen molar-refractivity contribution in [2.45, 2.75) is 72.7 Å². The summed E-state index contributed by atoms with van der Waals surface area (Å²) in [4.78, 5) is 62.3. The van der Waals surface area contributed by atoms with Crippen LogP contribution in [-0.4, -0.2) is 133 Å². The van der Waals surface area contributed by atoms with Crippen LogP contribution in [0.1, 0.15) is 63.7 Å². The molecule has 1 amide bonds. The van der Waals surface area contributed by atoms with Gasteiger partial charge in [0.1, 0.15) is 24.9 Å². The number of benzene rings is 1. The molecular weight excluding hydrogens is 748 g/mol. The summed E-state index contributed by atoms with van der Waals surface area (Å²) >= 11 is 0. The maximum atomic E-state index is 12.9. The SMILES string of the molecule is CCN(CC)CC.CCN(CC)CC.Cn1c(=O)n([C@@H]2O[C@H](COP(=O)(O)CP(=O)(O)O)[C@@H](O)[C@H]2O)cc/c1=N/OCc1ccc(C(=O)NCCN)cc1. The van der Waals surface area contributed by atoms with Gasteiger partial charge in [-0.25, -0.2) is 4.79 Å². The second-order valence-corrected chi connectivity index (χ2v) is 16.0. The number of carbonyl (C=O) groups is 1. The number of ether oxygens (including phenoxy) is 1. The Morgan fingerprint density at radius 1 is 0.926 bits per heavy atom. The molecule has 5 atom stereocenters. The van der Waals surface area contributed by atoms with Gasteiger partial charge >= 0.3 is 20.9 Å². The van der Waals surface area contributed by atoms with E-state index in [2.05, 4.69) is 66.3 Å². The molecule has 1 aromatic carbocycles. The Morgan fingerprint density at radius 3 is 1.93 bits per heavy atom. The average Bonchev–Trinajstić information content (AvgIpc) is 3.41. The highest BCUT2D eigenvalue weighted by Gasteiger charge is 2.45. The van der Waals surface area contributed by atoms with Crippen LogP contribution >= 0.6 is 15.2 Å². The normalized spacial score (nSPS) is 19.8. The van der Waals surface area contributed by atoms with Crippen molar-refractivity contribution in [2.24, 2.45) is 17.9 Å². The predicted octanol–water partition coefficient (Wildman–Crippen LogP) is 0.560. The lowest BCUT2D eigenvalue weighted by atomic mass is 10.1. The van der Waals surface area contributed by atoms with Crippen LogP contribution in [0.15, 0.2) is 46.5 Å². The maximum absolute atomic E-state index is 12.9. The Kier molecular flexibility index (Phi) is 22.5. The summed E-state index contributed by atoms with van der Waals surface area (Å²) in [7, 11) is -8.22. The Morgan fingerprint density at radius 2 is 1.46 bits per heavy atom. The van der Waals surface area contributed by atoms with E-state index in [0.717, 1.165) is 9.13 Å². The van der Waals surface area contributed by atoms with E-state index in [1.807, 2.05) is 0 Å². The lowest BCUT2D eigenvalue weighted by Gasteiger charge is -2.19. The fourth-order valence-corrected chi connectivity index (χ4v) is 7.56. The van der Waals surface area contributed by atoms with Gasteiger partial charge in [-0.2, -0.15) is 0 Å². The highest BCUT2D eigenvalue weighted by atomic mass is 31.2. The highest BCUT2D eigenvalue weighted by Crippen LogP contribution is 2.55. The molecule has 0 bridgehead atoms. The van der Waals surface area contributed by atoms with E-state index >= 15 is 0 Å². The van der Waals surface area contributed by atoms with Crippen LogP contribution < -0.4 is 22.2 Å². The topological polar surface area (TPSA) is 264 Å². The molecule has 54 heavy (non-hydrogen) atoms. The first kappa shape index (κ1) is 49.2. The summed E-state index contributed by atoms with van der Waals surface area (Å²) in [5.74, 6) is -1.69. The van der Waals surface area contributed by atoms with Crippen molar-refractivity contribution in [3.8, 4) is 0 Å². The lowest BCUT2D eigenvalue weighted by molar-refractivity contribution is -0.0530. The molecule has 0 saturated carbocycles. The number of carbonyl (C=O) groups excluding carboxylic acids is 1. The summed E-state index contributed by atoms with van der Waals surface area (Å²) in [6.07, 6.45) is -4.87. The molecule has 1 aliphatic heterocycles. The third kappa shape index (κ3) is 16.9. The van der Waals surface area contributed by atoms with Crippen molar-refractivity contribution in [1.82, 2.24) is 24.3 Å². The van der Waals surface area contributed by atoms with Crippen molar-refractivity contribution in [3.63, 3.8) is 0 Å². The van der Waals surface area contributed by atoms with Crippen molar-refractivity contribution >= 4 is 21.1 Å². The zero-order valence-electron chi connectivity index (χ0n) is 32.4. The largest absolute Gasteiger partial charge is 0.389 e. The summed E-state index contributed by atoms with van der Waals surface area (Å²) in [6.45, 7) is 20.2. The van der Waals surface area contributed by atoms with Crippen LogP contribution in [0.2, 0.25) is 0 Å². The third-order valence-corrected chi connectivity index (χ3v) is 11.8. The molecule has 21 heteroatoms. The van der Waals surface area contributed by atoms with E-state index in [0.29, 0.717) is 24.2 Å². The summed E-state index contributed by atoms with van der Waals surface area (Å²) in [5.41, 5.74) is 5.90. The minimum absolute atomic E-state index is 0.0306. The van der Waals surface area contributed by atoms with Gasteiger partial charge in [-0.15, -0.1) is 0 Å². The van der Waals surface area contributed by atoms with E-state index in [4.69, 9.17) is 25.1 Å². The van der Waals surface area contributed by atoms with E-state index < -0.39 is 57.9 Å². The van der Waals surface area contributed by atoms with Crippen LogP contribution in [0.4, 0.5) is 0 Å². The second kappa shape index (κ2) is 24.7. The summed E-state index contributed by atoms with van der Waals surface area (Å²) in [6, 6.07) is 7.96. The van der Waals surface area contributed by atoms with Crippen LogP contribution in [0.5, 0.6) is 0 Å². The number of hydrogen-bond acceptors (Lipinski definition) is 13. The lowest BCUT2D eigenvalue weighted by Crippen LogP contribution is -2.42. The monoisotopic (exact) mass is 809 g/mol. The average molecular weight is 810 g/mol. The van der Waals surface area contributed by atoms with Gasteiger partial charge in [0, 0.05) is 38.0 Å². The molecule has 1 saturated heterocycles. The van der Waals surface area contributed by atoms with Crippen molar-refractivity contribution in [1.29, 1.82) is 0 Å². The Hall–Kier alpha value is -2.77. The standard InChI is InChI=1S/C21H31N5O12P2.2C6H15N/c1-25-16(24-36-10-13-2-4-14(5-3-13)19(29)23-8-7-22)6-9-26(21(25)30)20-18(28)17(27)15(38-20)11-37-40(34,35)12-39(31,32)33;2*1-4-7(5-2)6-3/h2-6,9,15,17-18,20,27-28H,7-8,10-12,22H2,1H3,(H,23,29)(H,34,35)(H2,31,32,33);2*4-6H2,1-3H3/b24-16-;;/t15-,17-,18-,20-;;/m1../s1. The van der Waals surface area contributed by atoms with Crippen LogP contribution in [0.25, 0.3) is 0 Å². The smallest absolute Gasteiger partial charge is 0.340 e. The molecule has 2 aromatic rings. The van der Waals surface area contributed by atoms with Gasteiger partial charge in [0.15, 0.2) is 17.6 Å². The zero-order valence-corrected chi connectivity index (χ0v) is 34.1. The van der Waals surface area contributed by atoms with Crippen LogP contribution in [-0.2, 0) is 36.9 Å². The van der Waals surface area contributed by atoms with Gasteiger partial charge in [-0.05, 0) is 57.0 Å². The molecule has 1 aromatic heterocycles. The fraction of sp³-hybridized carbons (Fsp3) is 0.667. The predicted molar refractivity (Wildman–Crippen MR) is 203 cm³/mol. The maximum Gasteiger partial charge on any atom is 0.340 e. The molecule has 1 unspecified atom stereocenters. The zero-order chi connectivity index (χ0) is 41.1. The number of nitrogens with two attached hydrogens (primary N) is 1. The molecule has 1 fully saturated rings. The molecule has 0 aliphatic carbocycles. The Bertz CT molecular complexity index is 1590. The third-order valence-electron chi connectivity index (χ3n) is 8.37. The Balaban J connectivity index is 0.000000879. The first-order valence-corrected chi connectivity index (χ1v) is 21.5. The molecule has 2 heterocycles. The molecule has 310 valence electrons. The number of aromatic nitrogens is 2. The minimum Gasteiger partial charge on any atom is -0.389 e. The van der Waals surface area contributed by atoms with E-state index in [-0.39, 0.29) is 18.0 Å². The van der Waals surface area contributed by atoms with Gasteiger partial charge in [0.05, 0.1) is 6.61 Å². The Labute approximate surface area is 317 Å². The first-order chi connectivity index (χ1) is 25.4. The molecule has 0 radical (unpaired) electrons. The van der Waals surface area contributed by atoms with Gasteiger partial charge in [0.2, 0.25) is 0 Å². The molecule has 1 aliphatic rings. The first-order valence-electron chi connectivity index (χ1n) is 17.9. The van der Waals surface area contributed by atoms with E-state index in [9.17, 15) is 33.8 Å².